The van der Waals surface area contributed by atoms with Crippen LogP contribution >= 0.6 is 0 Å². The lowest BCUT2D eigenvalue weighted by Crippen LogP contribution is -2.01. The molecule has 0 bridgehead atoms. The number of nitrogens with two attached hydrogens (primary N) is 1. The molecule has 0 aromatic heterocycles. The topological polar surface area (TPSA) is 35.2 Å². The van der Waals surface area contributed by atoms with Gasteiger partial charge in [-0.25, -0.2) is 4.39 Å². The average Bonchev–Trinajstić information content (AvgIpc) is 2.92. The highest BCUT2D eigenvalue weighted by molar-refractivity contribution is 5.35. The molecule has 3 rings (SSSR count). The second-order valence-electron chi connectivity index (χ2n) is 5.20. The first-order valence-corrected chi connectivity index (χ1v) is 6.98. The van der Waals surface area contributed by atoms with Crippen LogP contribution in [-0.2, 0) is 26.0 Å². The quantitative estimate of drug-likeness (QED) is 0.925. The van der Waals surface area contributed by atoms with Gasteiger partial charge in [0.05, 0.1) is 0 Å². The molecular weight excluding hydrogens is 253 g/mol. The Bertz CT molecular complexity index is 624. The van der Waals surface area contributed by atoms with Gasteiger partial charge in [-0.1, -0.05) is 24.3 Å². The molecule has 0 aliphatic heterocycles. The van der Waals surface area contributed by atoms with E-state index in [9.17, 15) is 4.39 Å². The van der Waals surface area contributed by atoms with Crippen molar-refractivity contribution >= 4 is 0 Å². The molecule has 0 saturated carbocycles. The summed E-state index contributed by atoms with van der Waals surface area (Å²) in [6, 6.07) is 11.3. The Morgan fingerprint density at radius 3 is 2.70 bits per heavy atom. The lowest BCUT2D eigenvalue weighted by molar-refractivity contribution is 0.304. The summed E-state index contributed by atoms with van der Waals surface area (Å²) in [4.78, 5) is 0. The Morgan fingerprint density at radius 1 is 1.05 bits per heavy atom. The minimum Gasteiger partial charge on any atom is -0.489 e. The number of benzene rings is 2. The zero-order valence-electron chi connectivity index (χ0n) is 11.4. The van der Waals surface area contributed by atoms with Crippen LogP contribution in [0.2, 0.25) is 0 Å². The van der Waals surface area contributed by atoms with E-state index in [0.29, 0.717) is 17.9 Å². The fraction of sp³-hybridized carbons (Fsp3) is 0.294. The van der Waals surface area contributed by atoms with E-state index in [4.69, 9.17) is 10.5 Å². The van der Waals surface area contributed by atoms with Crippen molar-refractivity contribution in [1.29, 1.82) is 0 Å². The Kier molecular flexibility index (Phi) is 3.70. The van der Waals surface area contributed by atoms with Crippen molar-refractivity contribution in [2.45, 2.75) is 32.4 Å². The maximum Gasteiger partial charge on any atom is 0.131 e. The standard InChI is InChI=1S/C17H18FNO/c18-17-9-16(7-6-15(17)10-19)20-11-12-4-5-13-2-1-3-14(13)8-12/h4-9H,1-3,10-11,19H2. The van der Waals surface area contributed by atoms with Crippen molar-refractivity contribution in [3.05, 3.63) is 64.5 Å². The van der Waals surface area contributed by atoms with Crippen LogP contribution in [0.3, 0.4) is 0 Å². The molecule has 104 valence electrons. The van der Waals surface area contributed by atoms with Gasteiger partial charge in [0.15, 0.2) is 0 Å². The van der Waals surface area contributed by atoms with Crippen molar-refractivity contribution in [2.24, 2.45) is 5.73 Å². The van der Waals surface area contributed by atoms with Crippen molar-refractivity contribution in [2.75, 3.05) is 0 Å². The van der Waals surface area contributed by atoms with Crippen LogP contribution in [0.15, 0.2) is 36.4 Å². The van der Waals surface area contributed by atoms with Gasteiger partial charge in [0.1, 0.15) is 18.2 Å². The number of aryl methyl sites for hydroxylation is 2. The Balaban J connectivity index is 1.69. The summed E-state index contributed by atoms with van der Waals surface area (Å²) in [5.41, 5.74) is 9.96. The summed E-state index contributed by atoms with van der Waals surface area (Å²) in [5, 5.41) is 0. The van der Waals surface area contributed by atoms with Crippen LogP contribution in [0, 0.1) is 5.82 Å². The van der Waals surface area contributed by atoms with Crippen molar-refractivity contribution in [3.63, 3.8) is 0 Å². The summed E-state index contributed by atoms with van der Waals surface area (Å²) in [7, 11) is 0. The molecule has 0 heterocycles. The predicted octanol–water partition coefficient (Wildman–Crippen LogP) is 3.35. The van der Waals surface area contributed by atoms with E-state index in [1.165, 1.54) is 30.0 Å². The van der Waals surface area contributed by atoms with E-state index in [0.717, 1.165) is 12.0 Å². The highest BCUT2D eigenvalue weighted by Crippen LogP contribution is 2.24. The lowest BCUT2D eigenvalue weighted by Gasteiger charge is -2.09. The Hall–Kier alpha value is -1.87. The van der Waals surface area contributed by atoms with Gasteiger partial charge in [-0.3, -0.25) is 0 Å². The molecule has 2 nitrogen and oxygen atoms in total. The molecule has 0 unspecified atom stereocenters. The maximum absolute atomic E-state index is 13.6. The first-order chi connectivity index (χ1) is 9.76. The van der Waals surface area contributed by atoms with Gasteiger partial charge < -0.3 is 10.5 Å². The third-order valence-corrected chi connectivity index (χ3v) is 3.81. The number of rotatable bonds is 4. The monoisotopic (exact) mass is 271 g/mol. The van der Waals surface area contributed by atoms with Gasteiger partial charge in [0.25, 0.3) is 0 Å². The fourth-order valence-electron chi connectivity index (χ4n) is 2.66. The van der Waals surface area contributed by atoms with Crippen LogP contribution in [0.25, 0.3) is 0 Å². The van der Waals surface area contributed by atoms with E-state index in [1.54, 1.807) is 12.1 Å². The van der Waals surface area contributed by atoms with E-state index in [-0.39, 0.29) is 12.4 Å². The molecule has 0 radical (unpaired) electrons. The van der Waals surface area contributed by atoms with Gasteiger partial charge in [0, 0.05) is 18.2 Å². The summed E-state index contributed by atoms with van der Waals surface area (Å²) in [5.74, 6) is 0.235. The lowest BCUT2D eigenvalue weighted by atomic mass is 10.1. The summed E-state index contributed by atoms with van der Waals surface area (Å²) in [6.07, 6.45) is 3.58. The first kappa shape index (κ1) is 13.1. The predicted molar refractivity (Wildman–Crippen MR) is 77.1 cm³/mol. The van der Waals surface area contributed by atoms with Crippen molar-refractivity contribution < 1.29 is 9.13 Å². The molecule has 2 aromatic carbocycles. The summed E-state index contributed by atoms with van der Waals surface area (Å²) < 4.78 is 19.2. The zero-order valence-corrected chi connectivity index (χ0v) is 11.4. The third kappa shape index (κ3) is 2.68. The summed E-state index contributed by atoms with van der Waals surface area (Å²) >= 11 is 0. The highest BCUT2D eigenvalue weighted by atomic mass is 19.1. The molecule has 0 spiro atoms. The second-order valence-corrected chi connectivity index (χ2v) is 5.20. The van der Waals surface area contributed by atoms with Gasteiger partial charge >= 0.3 is 0 Å². The van der Waals surface area contributed by atoms with Crippen LogP contribution < -0.4 is 10.5 Å². The van der Waals surface area contributed by atoms with Gasteiger partial charge in [-0.15, -0.1) is 0 Å². The number of hydrogen-bond donors (Lipinski definition) is 1. The van der Waals surface area contributed by atoms with E-state index in [2.05, 4.69) is 18.2 Å². The zero-order chi connectivity index (χ0) is 13.9. The molecule has 2 aromatic rings. The normalized spacial score (nSPS) is 13.3. The maximum atomic E-state index is 13.6. The number of hydrogen-bond acceptors (Lipinski definition) is 2. The third-order valence-electron chi connectivity index (χ3n) is 3.81. The van der Waals surface area contributed by atoms with Crippen LogP contribution in [0.4, 0.5) is 4.39 Å². The van der Waals surface area contributed by atoms with Crippen molar-refractivity contribution in [3.8, 4) is 5.75 Å². The SMILES string of the molecule is NCc1ccc(OCc2ccc3c(c2)CCC3)cc1F. The van der Waals surface area contributed by atoms with Crippen molar-refractivity contribution in [1.82, 2.24) is 0 Å². The molecule has 0 atom stereocenters. The van der Waals surface area contributed by atoms with Gasteiger partial charge in [0.2, 0.25) is 0 Å². The Morgan fingerprint density at radius 2 is 1.90 bits per heavy atom. The molecule has 3 heteroatoms. The number of halogens is 1. The van der Waals surface area contributed by atoms with Crippen LogP contribution in [-0.4, -0.2) is 0 Å². The van der Waals surface area contributed by atoms with E-state index >= 15 is 0 Å². The minimum absolute atomic E-state index is 0.205. The summed E-state index contributed by atoms with van der Waals surface area (Å²) in [6.45, 7) is 0.672. The van der Waals surface area contributed by atoms with Crippen LogP contribution in [0.1, 0.15) is 28.7 Å². The number of ether oxygens (including phenoxy) is 1. The largest absolute Gasteiger partial charge is 0.489 e. The van der Waals surface area contributed by atoms with E-state index < -0.39 is 0 Å². The molecule has 1 aliphatic carbocycles. The van der Waals surface area contributed by atoms with Crippen LogP contribution in [0.5, 0.6) is 5.75 Å². The molecule has 0 fully saturated rings. The smallest absolute Gasteiger partial charge is 0.131 e. The number of fused-ring (bicyclic) bond motifs is 1. The molecule has 0 amide bonds. The molecular formula is C17H18FNO. The molecule has 0 saturated heterocycles. The average molecular weight is 271 g/mol. The highest BCUT2D eigenvalue weighted by Gasteiger charge is 2.11. The molecule has 2 N–H and O–H groups in total. The van der Waals surface area contributed by atoms with Gasteiger partial charge in [-0.2, -0.15) is 0 Å². The fourth-order valence-corrected chi connectivity index (χ4v) is 2.66. The second kappa shape index (κ2) is 5.63. The minimum atomic E-state index is -0.307. The van der Waals surface area contributed by atoms with E-state index in [1.807, 2.05) is 0 Å². The molecule has 1 aliphatic rings. The first-order valence-electron chi connectivity index (χ1n) is 6.98. The van der Waals surface area contributed by atoms with Gasteiger partial charge in [-0.05, 0) is 42.0 Å². The Labute approximate surface area is 118 Å². The molecule has 20 heavy (non-hydrogen) atoms.